The molecule has 2 heterocycles. The zero-order chi connectivity index (χ0) is 14.7. The molecule has 1 aromatic heterocycles. The lowest BCUT2D eigenvalue weighted by molar-refractivity contribution is -0.385. The van der Waals surface area contributed by atoms with Crippen molar-refractivity contribution in [2.24, 2.45) is 0 Å². The van der Waals surface area contributed by atoms with Crippen LogP contribution in [0, 0.1) is 10.1 Å². The number of rotatable bonds is 4. The zero-order valence-corrected chi connectivity index (χ0v) is 11.7. The Hall–Kier alpha value is -1.96. The maximum atomic E-state index is 11.2. The molecule has 0 spiro atoms. The summed E-state index contributed by atoms with van der Waals surface area (Å²) in [6.45, 7) is 3.92. The topological polar surface area (TPSA) is 99.4 Å². The Morgan fingerprint density at radius 2 is 2.05 bits per heavy atom. The van der Waals surface area contributed by atoms with E-state index in [-0.39, 0.29) is 35.7 Å². The molecule has 0 radical (unpaired) electrons. The molecule has 1 aliphatic heterocycles. The van der Waals surface area contributed by atoms with Gasteiger partial charge in [0, 0.05) is 19.9 Å². The van der Waals surface area contributed by atoms with Crippen LogP contribution in [0.25, 0.3) is 0 Å². The lowest BCUT2D eigenvalue weighted by atomic mass is 10.0. The van der Waals surface area contributed by atoms with Gasteiger partial charge in [-0.05, 0) is 13.8 Å². The van der Waals surface area contributed by atoms with Crippen molar-refractivity contribution in [3.8, 4) is 5.88 Å². The van der Waals surface area contributed by atoms with Gasteiger partial charge in [0.1, 0.15) is 12.4 Å². The fraction of sp³-hybridized carbons (Fsp3) is 0.667. The van der Waals surface area contributed by atoms with Crippen molar-refractivity contribution >= 4 is 11.5 Å². The maximum absolute atomic E-state index is 11.2. The normalized spacial score (nSPS) is 26.1. The third kappa shape index (κ3) is 3.13. The van der Waals surface area contributed by atoms with Crippen molar-refractivity contribution in [2.45, 2.75) is 45.0 Å². The van der Waals surface area contributed by atoms with Gasteiger partial charge in [0.15, 0.2) is 0 Å². The molecule has 1 aliphatic rings. The number of nitrogens with one attached hydrogen (secondary N) is 1. The van der Waals surface area contributed by atoms with Gasteiger partial charge < -0.3 is 14.8 Å². The highest BCUT2D eigenvalue weighted by Crippen LogP contribution is 2.33. The van der Waals surface area contributed by atoms with Gasteiger partial charge in [0.2, 0.25) is 5.82 Å². The third-order valence-corrected chi connectivity index (χ3v) is 3.14. The molecule has 0 aliphatic carbocycles. The Morgan fingerprint density at radius 3 is 2.60 bits per heavy atom. The number of aromatic nitrogens is 2. The van der Waals surface area contributed by atoms with Crippen LogP contribution < -0.4 is 10.1 Å². The highest BCUT2D eigenvalue weighted by Gasteiger charge is 2.30. The fourth-order valence-electron chi connectivity index (χ4n) is 2.39. The third-order valence-electron chi connectivity index (χ3n) is 3.14. The van der Waals surface area contributed by atoms with Crippen LogP contribution in [0.4, 0.5) is 11.5 Å². The summed E-state index contributed by atoms with van der Waals surface area (Å²) < 4.78 is 11.3. The van der Waals surface area contributed by atoms with E-state index >= 15 is 0 Å². The first-order chi connectivity index (χ1) is 9.51. The second-order valence-electron chi connectivity index (χ2n) is 4.85. The molecule has 1 saturated heterocycles. The van der Waals surface area contributed by atoms with E-state index in [2.05, 4.69) is 15.3 Å². The molecule has 1 N–H and O–H groups in total. The average Bonchev–Trinajstić information content (AvgIpc) is 2.36. The van der Waals surface area contributed by atoms with E-state index in [1.165, 1.54) is 6.33 Å². The van der Waals surface area contributed by atoms with Gasteiger partial charge in [-0.15, -0.1) is 0 Å². The summed E-state index contributed by atoms with van der Waals surface area (Å²) in [5.41, 5.74) is -0.234. The molecule has 8 nitrogen and oxygen atoms in total. The fourth-order valence-corrected chi connectivity index (χ4v) is 2.39. The second kappa shape index (κ2) is 6.00. The number of nitrogens with zero attached hydrogens (tertiary/aromatic N) is 3. The summed E-state index contributed by atoms with van der Waals surface area (Å²) in [5, 5.41) is 13.8. The number of nitro groups is 1. The molecule has 0 saturated carbocycles. The molecule has 2 atom stereocenters. The lowest BCUT2D eigenvalue weighted by Gasteiger charge is -2.31. The predicted octanol–water partition coefficient (Wildman–Crippen LogP) is 1.76. The molecule has 2 rings (SSSR count). The second-order valence-corrected chi connectivity index (χ2v) is 4.85. The molecule has 8 heteroatoms. The van der Waals surface area contributed by atoms with Crippen molar-refractivity contribution in [3.05, 3.63) is 16.4 Å². The van der Waals surface area contributed by atoms with E-state index in [9.17, 15) is 10.1 Å². The van der Waals surface area contributed by atoms with Crippen molar-refractivity contribution in [1.82, 2.24) is 9.97 Å². The van der Waals surface area contributed by atoms with E-state index in [1.54, 1.807) is 7.05 Å². The van der Waals surface area contributed by atoms with Crippen LogP contribution in [0.15, 0.2) is 6.33 Å². The van der Waals surface area contributed by atoms with Crippen LogP contribution in [-0.4, -0.2) is 40.3 Å². The molecule has 0 amide bonds. The van der Waals surface area contributed by atoms with Crippen LogP contribution in [0.2, 0.25) is 0 Å². The maximum Gasteiger partial charge on any atom is 0.372 e. The minimum absolute atomic E-state index is 0.000602. The Balaban J connectivity index is 2.22. The van der Waals surface area contributed by atoms with E-state index < -0.39 is 4.92 Å². The minimum Gasteiger partial charge on any atom is -0.469 e. The monoisotopic (exact) mass is 282 g/mol. The Morgan fingerprint density at radius 1 is 1.40 bits per heavy atom. The first-order valence-corrected chi connectivity index (χ1v) is 6.50. The van der Waals surface area contributed by atoms with Gasteiger partial charge in [0.05, 0.1) is 17.1 Å². The highest BCUT2D eigenvalue weighted by molar-refractivity contribution is 5.60. The Kier molecular flexibility index (Phi) is 4.33. The summed E-state index contributed by atoms with van der Waals surface area (Å²) in [7, 11) is 1.57. The number of anilines is 1. The Bertz CT molecular complexity index is 486. The van der Waals surface area contributed by atoms with Gasteiger partial charge >= 0.3 is 5.69 Å². The van der Waals surface area contributed by atoms with Crippen molar-refractivity contribution in [2.75, 3.05) is 12.4 Å². The van der Waals surface area contributed by atoms with Gasteiger partial charge in [-0.2, -0.15) is 4.98 Å². The molecule has 110 valence electrons. The SMILES string of the molecule is CNc1ncnc(OC2CC(C)OC(C)C2)c1[N+](=O)[O-]. The number of ether oxygens (including phenoxy) is 2. The average molecular weight is 282 g/mol. The first kappa shape index (κ1) is 14.4. The number of hydrogen-bond acceptors (Lipinski definition) is 7. The van der Waals surface area contributed by atoms with Crippen molar-refractivity contribution in [3.63, 3.8) is 0 Å². The zero-order valence-electron chi connectivity index (χ0n) is 11.7. The molecule has 1 fully saturated rings. The van der Waals surface area contributed by atoms with Crippen LogP contribution in [0.5, 0.6) is 5.88 Å². The molecule has 0 bridgehead atoms. The summed E-state index contributed by atoms with van der Waals surface area (Å²) in [4.78, 5) is 18.3. The first-order valence-electron chi connectivity index (χ1n) is 6.50. The van der Waals surface area contributed by atoms with Gasteiger partial charge in [-0.1, -0.05) is 0 Å². The molecule has 1 aromatic rings. The lowest BCUT2D eigenvalue weighted by Crippen LogP contribution is -2.36. The smallest absolute Gasteiger partial charge is 0.372 e. The van der Waals surface area contributed by atoms with Crippen LogP contribution >= 0.6 is 0 Å². The van der Waals surface area contributed by atoms with E-state index in [1.807, 2.05) is 13.8 Å². The minimum atomic E-state index is -0.534. The van der Waals surface area contributed by atoms with E-state index in [0.717, 1.165) is 0 Å². The molecular weight excluding hydrogens is 264 g/mol. The standard InChI is InChI=1S/C12H18N4O4/c1-7-4-9(5-8(2)19-7)20-12-10(16(17)18)11(13-3)14-6-15-12/h6-9H,4-5H2,1-3H3,(H,13,14,15). The summed E-state index contributed by atoms with van der Waals surface area (Å²) in [6, 6.07) is 0. The van der Waals surface area contributed by atoms with Crippen molar-refractivity contribution in [1.29, 1.82) is 0 Å². The van der Waals surface area contributed by atoms with Crippen molar-refractivity contribution < 1.29 is 14.4 Å². The summed E-state index contributed by atoms with van der Waals surface area (Å²) in [5.74, 6) is 0.147. The largest absolute Gasteiger partial charge is 0.469 e. The van der Waals surface area contributed by atoms with Crippen LogP contribution in [-0.2, 0) is 4.74 Å². The summed E-state index contributed by atoms with van der Waals surface area (Å²) >= 11 is 0. The van der Waals surface area contributed by atoms with Crippen LogP contribution in [0.1, 0.15) is 26.7 Å². The van der Waals surface area contributed by atoms with E-state index in [0.29, 0.717) is 12.8 Å². The quantitative estimate of drug-likeness (QED) is 0.663. The molecule has 20 heavy (non-hydrogen) atoms. The summed E-state index contributed by atoms with van der Waals surface area (Å²) in [6.07, 6.45) is 2.59. The van der Waals surface area contributed by atoms with Gasteiger partial charge in [0.25, 0.3) is 5.88 Å². The Labute approximate surface area is 116 Å². The van der Waals surface area contributed by atoms with Gasteiger partial charge in [-0.25, -0.2) is 4.98 Å². The van der Waals surface area contributed by atoms with Gasteiger partial charge in [-0.3, -0.25) is 10.1 Å². The molecular formula is C12H18N4O4. The predicted molar refractivity (Wildman–Crippen MR) is 71.9 cm³/mol. The molecule has 0 aromatic carbocycles. The molecule has 2 unspecified atom stereocenters. The number of hydrogen-bond donors (Lipinski definition) is 1. The van der Waals surface area contributed by atoms with E-state index in [4.69, 9.17) is 9.47 Å². The van der Waals surface area contributed by atoms with Crippen LogP contribution in [0.3, 0.4) is 0 Å². The highest BCUT2D eigenvalue weighted by atomic mass is 16.6.